The number of rotatable bonds is 0. The average Bonchev–Trinajstić information content (AvgIpc) is 1.46. The topological polar surface area (TPSA) is 29.5 Å². The van der Waals surface area contributed by atoms with Crippen LogP contribution in [-0.2, 0) is 4.74 Å². The lowest BCUT2D eigenvalue weighted by molar-refractivity contribution is 0.277. The van der Waals surface area contributed by atoms with Gasteiger partial charge in [0.15, 0.2) is 0 Å². The number of methoxy groups -OCH3 is 1. The quantitative estimate of drug-likeness (QED) is 0.563. The second-order valence-electron chi connectivity index (χ2n) is 0.408. The molecule has 0 atom stereocenters. The maximum Gasteiger partial charge on any atom is 0.0351 e. The molecule has 2 heteroatoms. The zero-order valence-corrected chi connectivity index (χ0v) is 3.86. The van der Waals surface area contributed by atoms with Crippen LogP contribution in [0.3, 0.4) is 0 Å². The van der Waals surface area contributed by atoms with Crippen molar-refractivity contribution in [2.45, 2.75) is 29.7 Å². The number of aliphatic hydroxyl groups is 1. The summed E-state index contributed by atoms with van der Waals surface area (Å²) in [6.45, 7) is 0. The number of ether oxygens (including phenoxy) is 1. The molecule has 0 fully saturated rings. The van der Waals surface area contributed by atoms with Crippen LogP contribution in [0.5, 0.6) is 0 Å². The van der Waals surface area contributed by atoms with E-state index in [1.807, 2.05) is 0 Å². The monoisotopic (exact) mass is 142 g/mol. The Morgan fingerprint density at radius 3 is 0.778 bits per heavy atom. The normalized spacial score (nSPS) is 2.67. The van der Waals surface area contributed by atoms with Crippen molar-refractivity contribution in [2.75, 3.05) is 21.3 Å². The summed E-state index contributed by atoms with van der Waals surface area (Å²) in [5, 5.41) is 7.00. The van der Waals surface area contributed by atoms with Gasteiger partial charge < -0.3 is 9.84 Å². The molecule has 0 aliphatic carbocycles. The molecular formula is C7H26O2. The minimum atomic E-state index is 0. The molecule has 0 spiro atoms. The molecule has 0 saturated heterocycles. The zero-order valence-electron chi connectivity index (χ0n) is 3.86. The third kappa shape index (κ3) is 43400. The molecule has 1 N–H and O–H groups in total. The Kier molecular flexibility index (Phi) is 3270. The van der Waals surface area contributed by atoms with E-state index in [1.54, 1.807) is 14.2 Å². The molecule has 0 radical (unpaired) electrons. The van der Waals surface area contributed by atoms with Crippen molar-refractivity contribution in [1.29, 1.82) is 0 Å². The fourth-order valence-electron chi connectivity index (χ4n) is 0. The first-order valence-corrected chi connectivity index (χ1v) is 1.26. The van der Waals surface area contributed by atoms with Gasteiger partial charge in [-0.3, -0.25) is 0 Å². The van der Waals surface area contributed by atoms with Gasteiger partial charge in [-0.15, -0.1) is 0 Å². The molecule has 0 unspecified atom stereocenters. The summed E-state index contributed by atoms with van der Waals surface area (Å²) < 4.78 is 4.25. The summed E-state index contributed by atoms with van der Waals surface area (Å²) >= 11 is 0. The highest BCUT2D eigenvalue weighted by Gasteiger charge is 1.25. The van der Waals surface area contributed by atoms with Gasteiger partial charge in [-0.2, -0.15) is 0 Å². The van der Waals surface area contributed by atoms with Gasteiger partial charge in [0.1, 0.15) is 0 Å². The SMILES string of the molecule is C.C.C.C.CO.COC. The highest BCUT2D eigenvalue weighted by molar-refractivity contribution is 3.56. The lowest BCUT2D eigenvalue weighted by Crippen LogP contribution is -1.55. The van der Waals surface area contributed by atoms with E-state index in [9.17, 15) is 0 Å². The zero-order chi connectivity index (χ0) is 4.71. The molecule has 0 amide bonds. The summed E-state index contributed by atoms with van der Waals surface area (Å²) in [7, 11) is 4.25. The van der Waals surface area contributed by atoms with Gasteiger partial charge in [-0.05, 0) is 0 Å². The van der Waals surface area contributed by atoms with Gasteiger partial charge in [0, 0.05) is 21.3 Å². The molecule has 66 valence electrons. The molecule has 2 nitrogen and oxygen atoms in total. The number of hydrogen-bond acceptors (Lipinski definition) is 2. The second kappa shape index (κ2) is 448. The standard InChI is InChI=1S/C2H6O.CH4O.4CH4/c1-3-2;1-2;;;;/h1-2H3;2H,1H3;4*1H4. The van der Waals surface area contributed by atoms with Crippen LogP contribution >= 0.6 is 0 Å². The van der Waals surface area contributed by atoms with Crippen LogP contribution < -0.4 is 0 Å². The van der Waals surface area contributed by atoms with Crippen LogP contribution in [0.4, 0.5) is 0 Å². The van der Waals surface area contributed by atoms with Crippen molar-refractivity contribution in [3.63, 3.8) is 0 Å². The van der Waals surface area contributed by atoms with Gasteiger partial charge in [-0.1, -0.05) is 29.7 Å². The lowest BCUT2D eigenvalue weighted by Gasteiger charge is -1.61. The van der Waals surface area contributed by atoms with Gasteiger partial charge >= 0.3 is 0 Å². The Morgan fingerprint density at radius 1 is 0.778 bits per heavy atom. The highest BCUT2D eigenvalue weighted by atomic mass is 16.4. The Balaban J connectivity index is -0.00000000357. The van der Waals surface area contributed by atoms with Crippen molar-refractivity contribution in [3.8, 4) is 0 Å². The summed E-state index contributed by atoms with van der Waals surface area (Å²) in [4.78, 5) is 0. The van der Waals surface area contributed by atoms with Crippen LogP contribution in [0.1, 0.15) is 29.7 Å². The Morgan fingerprint density at radius 2 is 0.778 bits per heavy atom. The molecule has 0 aromatic rings. The minimum Gasteiger partial charge on any atom is -0.400 e. The third-order valence-electron chi connectivity index (χ3n) is 0. The molecule has 0 rings (SSSR count). The summed E-state index contributed by atoms with van der Waals surface area (Å²) in [5.41, 5.74) is 0. The molecule has 0 saturated carbocycles. The van der Waals surface area contributed by atoms with Crippen LogP contribution in [0.15, 0.2) is 0 Å². The maximum atomic E-state index is 7.00. The third-order valence-corrected chi connectivity index (χ3v) is 0. The van der Waals surface area contributed by atoms with Crippen molar-refractivity contribution >= 4 is 0 Å². The van der Waals surface area contributed by atoms with Crippen LogP contribution in [-0.4, -0.2) is 26.4 Å². The molecular weight excluding hydrogens is 116 g/mol. The van der Waals surface area contributed by atoms with Crippen LogP contribution in [0, 0.1) is 0 Å². The first-order chi connectivity index (χ1) is 2.41. The number of hydrogen-bond donors (Lipinski definition) is 1. The van der Waals surface area contributed by atoms with Crippen LogP contribution in [0.2, 0.25) is 0 Å². The van der Waals surface area contributed by atoms with Crippen molar-refractivity contribution in [3.05, 3.63) is 0 Å². The van der Waals surface area contributed by atoms with Gasteiger partial charge in [-0.25, -0.2) is 0 Å². The van der Waals surface area contributed by atoms with Crippen molar-refractivity contribution in [2.24, 2.45) is 0 Å². The van der Waals surface area contributed by atoms with Gasteiger partial charge in [0.2, 0.25) is 0 Å². The van der Waals surface area contributed by atoms with E-state index < -0.39 is 0 Å². The Labute approximate surface area is 61.9 Å². The van der Waals surface area contributed by atoms with E-state index in [-0.39, 0.29) is 29.7 Å². The van der Waals surface area contributed by atoms with Crippen molar-refractivity contribution in [1.82, 2.24) is 0 Å². The van der Waals surface area contributed by atoms with E-state index in [0.717, 1.165) is 7.11 Å². The predicted octanol–water partition coefficient (Wildman–Crippen LogP) is 2.42. The summed E-state index contributed by atoms with van der Waals surface area (Å²) in [6, 6.07) is 0. The van der Waals surface area contributed by atoms with E-state index in [4.69, 9.17) is 5.11 Å². The first kappa shape index (κ1) is 65.6. The maximum absolute atomic E-state index is 7.00. The van der Waals surface area contributed by atoms with E-state index >= 15 is 0 Å². The summed E-state index contributed by atoms with van der Waals surface area (Å²) in [6.07, 6.45) is 0. The summed E-state index contributed by atoms with van der Waals surface area (Å²) in [5.74, 6) is 0. The molecule has 0 aliphatic rings. The lowest BCUT2D eigenvalue weighted by atomic mass is 11.6. The molecule has 9 heavy (non-hydrogen) atoms. The Bertz CT molecular complexity index is 6.88. The molecule has 0 bridgehead atoms. The first-order valence-electron chi connectivity index (χ1n) is 1.26. The smallest absolute Gasteiger partial charge is 0.0351 e. The highest BCUT2D eigenvalue weighted by Crippen LogP contribution is 1.28. The van der Waals surface area contributed by atoms with Gasteiger partial charge in [0.25, 0.3) is 0 Å². The molecule has 0 aromatic heterocycles. The fraction of sp³-hybridized carbons (Fsp3) is 1.00. The fourth-order valence-corrected chi connectivity index (χ4v) is 0. The van der Waals surface area contributed by atoms with Gasteiger partial charge in [0.05, 0.1) is 0 Å². The number of aliphatic hydroxyl groups excluding tert-OH is 1. The molecule has 0 aromatic carbocycles. The average molecular weight is 142 g/mol. The second-order valence-corrected chi connectivity index (χ2v) is 0.408. The molecule has 0 heterocycles. The predicted molar refractivity (Wildman–Crippen MR) is 48.0 cm³/mol. The minimum absolute atomic E-state index is 0. The van der Waals surface area contributed by atoms with Crippen LogP contribution in [0.25, 0.3) is 0 Å². The van der Waals surface area contributed by atoms with E-state index in [0.29, 0.717) is 0 Å². The van der Waals surface area contributed by atoms with Crippen molar-refractivity contribution < 1.29 is 9.84 Å². The molecule has 0 aliphatic heterocycles. The van der Waals surface area contributed by atoms with E-state index in [1.165, 1.54) is 0 Å². The largest absolute Gasteiger partial charge is 0.400 e. The van der Waals surface area contributed by atoms with E-state index in [2.05, 4.69) is 4.74 Å². The Hall–Kier alpha value is -0.0800.